The van der Waals surface area contributed by atoms with Crippen molar-refractivity contribution in [2.45, 2.75) is 72.3 Å². The Morgan fingerprint density at radius 1 is 1.12 bits per heavy atom. The maximum atomic E-state index is 12.8. The molecule has 26 heavy (non-hydrogen) atoms. The zero-order valence-corrected chi connectivity index (χ0v) is 17.0. The van der Waals surface area contributed by atoms with E-state index < -0.39 is 0 Å². The molecule has 144 valence electrons. The molecule has 1 aliphatic rings. The zero-order chi connectivity index (χ0) is 19.3. The lowest BCUT2D eigenvalue weighted by Crippen LogP contribution is -2.40. The molecule has 2 rings (SSSR count). The molecule has 1 fully saturated rings. The van der Waals surface area contributed by atoms with Crippen LogP contribution < -0.4 is 5.32 Å². The van der Waals surface area contributed by atoms with Gasteiger partial charge in [0, 0.05) is 30.8 Å². The summed E-state index contributed by atoms with van der Waals surface area (Å²) in [6.45, 7) is 8.28. The van der Waals surface area contributed by atoms with Crippen molar-refractivity contribution >= 4 is 17.5 Å². The van der Waals surface area contributed by atoms with Crippen LogP contribution in [0.3, 0.4) is 0 Å². The van der Waals surface area contributed by atoms with Crippen molar-refractivity contribution in [3.63, 3.8) is 0 Å². The molecule has 1 atom stereocenters. The van der Waals surface area contributed by atoms with Gasteiger partial charge in [0.2, 0.25) is 5.91 Å². The van der Waals surface area contributed by atoms with Gasteiger partial charge in [-0.15, -0.1) is 0 Å². The van der Waals surface area contributed by atoms with Gasteiger partial charge in [-0.05, 0) is 55.4 Å². The maximum Gasteiger partial charge on any atom is 0.253 e. The van der Waals surface area contributed by atoms with Gasteiger partial charge in [0.15, 0.2) is 0 Å². The van der Waals surface area contributed by atoms with Gasteiger partial charge in [-0.1, -0.05) is 40.0 Å². The summed E-state index contributed by atoms with van der Waals surface area (Å²) in [6, 6.07) is 7.49. The highest BCUT2D eigenvalue weighted by Gasteiger charge is 2.26. The summed E-state index contributed by atoms with van der Waals surface area (Å²) in [5.74, 6) is 0.656. The normalized spacial score (nSPS) is 16.8. The van der Waals surface area contributed by atoms with Crippen molar-refractivity contribution in [3.05, 3.63) is 29.8 Å². The topological polar surface area (TPSA) is 49.4 Å². The van der Waals surface area contributed by atoms with Crippen molar-refractivity contribution in [1.82, 2.24) is 4.90 Å². The molecule has 4 nitrogen and oxygen atoms in total. The molecule has 4 heteroatoms. The first kappa shape index (κ1) is 20.5. The Hall–Kier alpha value is -1.84. The molecule has 2 amide bonds. The van der Waals surface area contributed by atoms with E-state index in [-0.39, 0.29) is 23.3 Å². The lowest BCUT2D eigenvalue weighted by Gasteiger charge is -2.34. The number of nitrogens with zero attached hydrogens (tertiary/aromatic N) is 1. The number of hydrogen-bond acceptors (Lipinski definition) is 2. The highest BCUT2D eigenvalue weighted by atomic mass is 16.2. The zero-order valence-electron chi connectivity index (χ0n) is 17.0. The number of rotatable bonds is 5. The SMILES string of the molecule is C[C@H](C1CCCCC1)N(C)C(=O)c1ccc(NC(=O)CC(C)(C)C)cc1. The fraction of sp³-hybridized carbons (Fsp3) is 0.636. The van der Waals surface area contributed by atoms with Crippen molar-refractivity contribution in [1.29, 1.82) is 0 Å². The molecule has 1 aromatic carbocycles. The van der Waals surface area contributed by atoms with E-state index in [1.807, 2.05) is 44.9 Å². The number of hydrogen-bond donors (Lipinski definition) is 1. The average molecular weight is 359 g/mol. The summed E-state index contributed by atoms with van der Waals surface area (Å²) in [6.07, 6.45) is 6.79. The minimum absolute atomic E-state index is 0.000356. The minimum atomic E-state index is -0.0437. The van der Waals surface area contributed by atoms with E-state index >= 15 is 0 Å². The van der Waals surface area contributed by atoms with Crippen molar-refractivity contribution < 1.29 is 9.59 Å². The van der Waals surface area contributed by atoms with Crippen LogP contribution in [0.1, 0.15) is 76.6 Å². The highest BCUT2D eigenvalue weighted by molar-refractivity contribution is 5.96. The van der Waals surface area contributed by atoms with Crippen LogP contribution in [0.15, 0.2) is 24.3 Å². The van der Waals surface area contributed by atoms with E-state index in [1.165, 1.54) is 32.1 Å². The van der Waals surface area contributed by atoms with Crippen molar-refractivity contribution in [2.24, 2.45) is 11.3 Å². The van der Waals surface area contributed by atoms with Gasteiger partial charge < -0.3 is 10.2 Å². The fourth-order valence-electron chi connectivity index (χ4n) is 3.70. The number of benzene rings is 1. The van der Waals surface area contributed by atoms with Gasteiger partial charge in [0.05, 0.1) is 0 Å². The van der Waals surface area contributed by atoms with Gasteiger partial charge in [0.1, 0.15) is 0 Å². The summed E-state index contributed by atoms with van der Waals surface area (Å²) >= 11 is 0. The Bertz CT molecular complexity index is 610. The van der Waals surface area contributed by atoms with Crippen LogP contribution in [0.4, 0.5) is 5.69 Å². The summed E-state index contributed by atoms with van der Waals surface area (Å²) in [7, 11) is 1.90. The molecule has 0 aliphatic heterocycles. The third kappa shape index (κ3) is 5.86. The second-order valence-corrected chi connectivity index (χ2v) is 8.92. The third-order valence-electron chi connectivity index (χ3n) is 5.37. The first-order chi connectivity index (χ1) is 12.2. The Morgan fingerprint density at radius 3 is 2.23 bits per heavy atom. The van der Waals surface area contributed by atoms with Crippen LogP contribution in [0, 0.1) is 11.3 Å². The van der Waals surface area contributed by atoms with Gasteiger partial charge in [-0.25, -0.2) is 0 Å². The first-order valence-electron chi connectivity index (χ1n) is 9.84. The van der Waals surface area contributed by atoms with E-state index in [0.717, 1.165) is 5.69 Å². The van der Waals surface area contributed by atoms with Gasteiger partial charge in [-0.3, -0.25) is 9.59 Å². The summed E-state index contributed by atoms with van der Waals surface area (Å²) in [5, 5.41) is 2.90. The monoisotopic (exact) mass is 358 g/mol. The molecular weight excluding hydrogens is 324 g/mol. The first-order valence-corrected chi connectivity index (χ1v) is 9.84. The molecule has 1 aliphatic carbocycles. The molecule has 0 aromatic heterocycles. The van der Waals surface area contributed by atoms with Crippen LogP contribution in [0.25, 0.3) is 0 Å². The highest BCUT2D eigenvalue weighted by Crippen LogP contribution is 2.29. The van der Waals surface area contributed by atoms with E-state index in [1.54, 1.807) is 12.1 Å². The lowest BCUT2D eigenvalue weighted by molar-refractivity contribution is -0.117. The summed E-state index contributed by atoms with van der Waals surface area (Å²) < 4.78 is 0. The maximum absolute atomic E-state index is 12.8. The van der Waals surface area contributed by atoms with E-state index in [2.05, 4.69) is 12.2 Å². The summed E-state index contributed by atoms with van der Waals surface area (Å²) in [5.41, 5.74) is 1.36. The quantitative estimate of drug-likeness (QED) is 0.796. The van der Waals surface area contributed by atoms with Gasteiger partial charge in [0.25, 0.3) is 5.91 Å². The molecule has 0 unspecified atom stereocenters. The average Bonchev–Trinajstić information content (AvgIpc) is 2.59. The van der Waals surface area contributed by atoms with Crippen LogP contribution in [-0.2, 0) is 4.79 Å². The van der Waals surface area contributed by atoms with Gasteiger partial charge >= 0.3 is 0 Å². The third-order valence-corrected chi connectivity index (χ3v) is 5.37. The number of nitrogens with one attached hydrogen (secondary N) is 1. The molecule has 0 radical (unpaired) electrons. The Kier molecular flexibility index (Phi) is 6.85. The number of carbonyl (C=O) groups excluding carboxylic acids is 2. The molecule has 0 bridgehead atoms. The minimum Gasteiger partial charge on any atom is -0.339 e. The lowest BCUT2D eigenvalue weighted by atomic mass is 9.84. The Morgan fingerprint density at radius 2 is 1.69 bits per heavy atom. The molecule has 1 aromatic rings. The Labute approximate surface area is 158 Å². The second kappa shape index (κ2) is 8.70. The second-order valence-electron chi connectivity index (χ2n) is 8.92. The number of anilines is 1. The Balaban J connectivity index is 1.96. The molecule has 0 spiro atoms. The predicted octanol–water partition coefficient (Wildman–Crippen LogP) is 5.10. The largest absolute Gasteiger partial charge is 0.339 e. The van der Waals surface area contributed by atoms with Crippen molar-refractivity contribution in [2.75, 3.05) is 12.4 Å². The molecule has 1 saturated carbocycles. The van der Waals surface area contributed by atoms with Gasteiger partial charge in [-0.2, -0.15) is 0 Å². The summed E-state index contributed by atoms with van der Waals surface area (Å²) in [4.78, 5) is 26.7. The van der Waals surface area contributed by atoms with Crippen LogP contribution in [0.5, 0.6) is 0 Å². The molecule has 0 heterocycles. The van der Waals surface area contributed by atoms with E-state index in [0.29, 0.717) is 17.9 Å². The fourth-order valence-corrected chi connectivity index (χ4v) is 3.70. The molecule has 1 N–H and O–H groups in total. The number of carbonyl (C=O) groups is 2. The van der Waals surface area contributed by atoms with Crippen molar-refractivity contribution in [3.8, 4) is 0 Å². The smallest absolute Gasteiger partial charge is 0.253 e. The molecule has 0 saturated heterocycles. The molecular formula is C22H34N2O2. The van der Waals surface area contributed by atoms with E-state index in [4.69, 9.17) is 0 Å². The van der Waals surface area contributed by atoms with Crippen LogP contribution >= 0.6 is 0 Å². The predicted molar refractivity (Wildman–Crippen MR) is 107 cm³/mol. The van der Waals surface area contributed by atoms with Crippen LogP contribution in [0.2, 0.25) is 0 Å². The van der Waals surface area contributed by atoms with E-state index in [9.17, 15) is 9.59 Å². The van der Waals surface area contributed by atoms with Crippen LogP contribution in [-0.4, -0.2) is 29.8 Å². The number of amides is 2. The standard InChI is InChI=1S/C22H34N2O2/c1-16(17-9-7-6-8-10-17)24(5)21(26)18-11-13-19(14-12-18)23-20(25)15-22(2,3)4/h11-14,16-17H,6-10,15H2,1-5H3,(H,23,25)/t16-/m1/s1.